The molecule has 7 heteroatoms. The third-order valence-corrected chi connectivity index (χ3v) is 4.25. The van der Waals surface area contributed by atoms with Gasteiger partial charge in [-0.25, -0.2) is 14.0 Å². The van der Waals surface area contributed by atoms with Gasteiger partial charge in [0.25, 0.3) is 0 Å². The Hall–Kier alpha value is -2.41. The number of aromatic nitrogens is 2. The molecule has 0 bridgehead atoms. The van der Waals surface area contributed by atoms with Crippen LogP contribution in [0.4, 0.5) is 4.39 Å². The van der Waals surface area contributed by atoms with Gasteiger partial charge in [0.2, 0.25) is 0 Å². The van der Waals surface area contributed by atoms with E-state index in [0.29, 0.717) is 17.4 Å². The van der Waals surface area contributed by atoms with E-state index in [0.717, 1.165) is 11.0 Å². The number of para-hydroxylation sites is 2. The quantitative estimate of drug-likeness (QED) is 0.533. The first-order chi connectivity index (χ1) is 11.6. The average molecular weight is 393 g/mol. The molecule has 0 radical (unpaired) electrons. The predicted octanol–water partition coefficient (Wildman–Crippen LogP) is 3.48. The van der Waals surface area contributed by atoms with Gasteiger partial charge in [0.15, 0.2) is 0 Å². The van der Waals surface area contributed by atoms with Gasteiger partial charge < -0.3 is 9.72 Å². The summed E-state index contributed by atoms with van der Waals surface area (Å²) in [6, 6.07) is 11.2. The standard InChI is InChI=1S/C17H14BrFN2O3/c18-13-10-11(19)6-7-12(13)16(22)24-9-3-8-21-15-5-2-1-4-14(15)20-17(21)23/h1-2,4-7,10H,3,8-9H2,(H,20,23). The second-order valence-electron chi connectivity index (χ2n) is 5.21. The van der Waals surface area contributed by atoms with Crippen molar-refractivity contribution in [2.24, 2.45) is 0 Å². The molecule has 0 saturated carbocycles. The number of H-pyrrole nitrogens is 1. The highest BCUT2D eigenvalue weighted by Crippen LogP contribution is 2.19. The maximum atomic E-state index is 13.0. The second kappa shape index (κ2) is 7.00. The first kappa shape index (κ1) is 16.4. The van der Waals surface area contributed by atoms with E-state index < -0.39 is 11.8 Å². The van der Waals surface area contributed by atoms with E-state index in [4.69, 9.17) is 4.74 Å². The summed E-state index contributed by atoms with van der Waals surface area (Å²) in [7, 11) is 0. The zero-order valence-corrected chi connectivity index (χ0v) is 14.2. The van der Waals surface area contributed by atoms with Crippen LogP contribution in [0.5, 0.6) is 0 Å². The predicted molar refractivity (Wildman–Crippen MR) is 91.6 cm³/mol. The van der Waals surface area contributed by atoms with Crippen molar-refractivity contribution in [2.75, 3.05) is 6.61 Å². The van der Waals surface area contributed by atoms with Gasteiger partial charge in [-0.2, -0.15) is 0 Å². The Morgan fingerprint density at radius 1 is 1.25 bits per heavy atom. The monoisotopic (exact) mass is 392 g/mol. The molecule has 5 nitrogen and oxygen atoms in total. The molecule has 0 aliphatic rings. The molecule has 0 amide bonds. The molecule has 0 spiro atoms. The number of nitrogens with one attached hydrogen (secondary N) is 1. The minimum atomic E-state index is -0.534. The highest BCUT2D eigenvalue weighted by molar-refractivity contribution is 9.10. The molecule has 24 heavy (non-hydrogen) atoms. The Balaban J connectivity index is 1.59. The minimum absolute atomic E-state index is 0.161. The van der Waals surface area contributed by atoms with E-state index in [1.165, 1.54) is 18.2 Å². The van der Waals surface area contributed by atoms with Gasteiger partial charge in [-0.1, -0.05) is 12.1 Å². The van der Waals surface area contributed by atoms with Crippen molar-refractivity contribution in [1.82, 2.24) is 9.55 Å². The van der Waals surface area contributed by atoms with E-state index in [-0.39, 0.29) is 17.9 Å². The lowest BCUT2D eigenvalue weighted by molar-refractivity contribution is 0.0495. The molecule has 3 rings (SSSR count). The molecule has 0 saturated heterocycles. The van der Waals surface area contributed by atoms with Gasteiger partial charge in [0, 0.05) is 11.0 Å². The number of hydrogen-bond acceptors (Lipinski definition) is 3. The molecule has 124 valence electrons. The number of ether oxygens (including phenoxy) is 1. The summed E-state index contributed by atoms with van der Waals surface area (Å²) >= 11 is 3.13. The molecule has 0 aliphatic carbocycles. The maximum Gasteiger partial charge on any atom is 0.339 e. The topological polar surface area (TPSA) is 64.1 Å². The minimum Gasteiger partial charge on any atom is -0.462 e. The van der Waals surface area contributed by atoms with E-state index in [1.807, 2.05) is 24.3 Å². The number of esters is 1. The number of nitrogens with zero attached hydrogens (tertiary/aromatic N) is 1. The molecular weight excluding hydrogens is 379 g/mol. The molecule has 3 aromatic rings. The molecular formula is C17H14BrFN2O3. The van der Waals surface area contributed by atoms with Gasteiger partial charge in [0.05, 0.1) is 23.2 Å². The summed E-state index contributed by atoms with van der Waals surface area (Å²) < 4.78 is 20.2. The Morgan fingerprint density at radius 3 is 2.83 bits per heavy atom. The molecule has 0 aliphatic heterocycles. The van der Waals surface area contributed by atoms with Crippen LogP contribution in [-0.2, 0) is 11.3 Å². The molecule has 2 aromatic carbocycles. The van der Waals surface area contributed by atoms with E-state index in [2.05, 4.69) is 20.9 Å². The van der Waals surface area contributed by atoms with Crippen molar-refractivity contribution in [3.8, 4) is 0 Å². The Kier molecular flexibility index (Phi) is 4.80. The molecule has 1 aromatic heterocycles. The highest BCUT2D eigenvalue weighted by Gasteiger charge is 2.12. The first-order valence-corrected chi connectivity index (χ1v) is 8.15. The van der Waals surface area contributed by atoms with Crippen molar-refractivity contribution in [1.29, 1.82) is 0 Å². The lowest BCUT2D eigenvalue weighted by Gasteiger charge is -2.07. The molecule has 0 atom stereocenters. The largest absolute Gasteiger partial charge is 0.462 e. The van der Waals surface area contributed by atoms with E-state index in [1.54, 1.807) is 4.57 Å². The van der Waals surface area contributed by atoms with Crippen LogP contribution in [0.25, 0.3) is 11.0 Å². The molecule has 1 N–H and O–H groups in total. The summed E-state index contributed by atoms with van der Waals surface area (Å²) in [5.74, 6) is -0.967. The number of aromatic amines is 1. The summed E-state index contributed by atoms with van der Waals surface area (Å²) in [5.41, 5.74) is 1.66. The SMILES string of the molecule is O=C(OCCCn1c(=O)[nH]c2ccccc21)c1ccc(F)cc1Br. The Labute approximate surface area is 145 Å². The second-order valence-corrected chi connectivity index (χ2v) is 6.07. The van der Waals surface area contributed by atoms with Crippen LogP contribution in [0.3, 0.4) is 0 Å². The number of imidazole rings is 1. The van der Waals surface area contributed by atoms with Gasteiger partial charge >= 0.3 is 11.7 Å². The third kappa shape index (κ3) is 3.41. The van der Waals surface area contributed by atoms with Crippen LogP contribution in [0.2, 0.25) is 0 Å². The van der Waals surface area contributed by atoms with Crippen molar-refractivity contribution in [3.63, 3.8) is 0 Å². The number of carbonyl (C=O) groups is 1. The smallest absolute Gasteiger partial charge is 0.339 e. The van der Waals surface area contributed by atoms with Gasteiger partial charge in [-0.3, -0.25) is 4.57 Å². The van der Waals surface area contributed by atoms with Crippen LogP contribution < -0.4 is 5.69 Å². The molecule has 1 heterocycles. The van der Waals surface area contributed by atoms with Gasteiger partial charge in [0.1, 0.15) is 5.82 Å². The average Bonchev–Trinajstić information content (AvgIpc) is 2.87. The maximum absolute atomic E-state index is 13.0. The number of hydrogen-bond donors (Lipinski definition) is 1. The molecule has 0 unspecified atom stereocenters. The Bertz CT molecular complexity index is 948. The van der Waals surface area contributed by atoms with Crippen LogP contribution in [-0.4, -0.2) is 22.1 Å². The number of fused-ring (bicyclic) bond motifs is 1. The van der Waals surface area contributed by atoms with Crippen molar-refractivity contribution in [2.45, 2.75) is 13.0 Å². The zero-order valence-electron chi connectivity index (χ0n) is 12.6. The lowest BCUT2D eigenvalue weighted by Crippen LogP contribution is -2.18. The fourth-order valence-electron chi connectivity index (χ4n) is 2.45. The number of carbonyl (C=O) groups excluding carboxylic acids is 1. The summed E-state index contributed by atoms with van der Waals surface area (Å²) in [6.45, 7) is 0.593. The lowest BCUT2D eigenvalue weighted by atomic mass is 10.2. The van der Waals surface area contributed by atoms with Crippen LogP contribution >= 0.6 is 15.9 Å². The van der Waals surface area contributed by atoms with Gasteiger partial charge in [-0.15, -0.1) is 0 Å². The van der Waals surface area contributed by atoms with E-state index >= 15 is 0 Å². The van der Waals surface area contributed by atoms with Crippen molar-refractivity contribution < 1.29 is 13.9 Å². The summed E-state index contributed by atoms with van der Waals surface area (Å²) in [6.07, 6.45) is 0.492. The molecule has 0 fully saturated rings. The number of rotatable bonds is 5. The third-order valence-electron chi connectivity index (χ3n) is 3.59. The van der Waals surface area contributed by atoms with Gasteiger partial charge in [-0.05, 0) is 52.7 Å². The zero-order chi connectivity index (χ0) is 17.1. The number of aryl methyl sites for hydroxylation is 1. The fraction of sp³-hybridized carbons (Fsp3) is 0.176. The first-order valence-electron chi connectivity index (χ1n) is 7.36. The number of benzene rings is 2. The van der Waals surface area contributed by atoms with Crippen LogP contribution in [0, 0.1) is 5.82 Å². The van der Waals surface area contributed by atoms with Crippen molar-refractivity contribution in [3.05, 3.63) is 68.8 Å². The summed E-state index contributed by atoms with van der Waals surface area (Å²) in [5, 5.41) is 0. The van der Waals surface area contributed by atoms with Crippen LogP contribution in [0.1, 0.15) is 16.8 Å². The normalized spacial score (nSPS) is 10.9. The highest BCUT2D eigenvalue weighted by atomic mass is 79.9. The summed E-state index contributed by atoms with van der Waals surface area (Å²) in [4.78, 5) is 26.7. The Morgan fingerprint density at radius 2 is 2.04 bits per heavy atom. The van der Waals surface area contributed by atoms with Crippen molar-refractivity contribution >= 4 is 32.9 Å². The number of halogens is 2. The fourth-order valence-corrected chi connectivity index (χ4v) is 2.96. The van der Waals surface area contributed by atoms with E-state index in [9.17, 15) is 14.0 Å². The van der Waals surface area contributed by atoms with Crippen LogP contribution in [0.15, 0.2) is 51.7 Å².